The lowest BCUT2D eigenvalue weighted by atomic mass is 10.1. The van der Waals surface area contributed by atoms with E-state index >= 15 is 0 Å². The first-order valence-electron chi connectivity index (χ1n) is 6.32. The molecule has 1 atom stereocenters. The van der Waals surface area contributed by atoms with Crippen molar-refractivity contribution >= 4 is 11.3 Å². The van der Waals surface area contributed by atoms with Crippen LogP contribution < -0.4 is 5.32 Å². The predicted molar refractivity (Wildman–Crippen MR) is 74.8 cm³/mol. The van der Waals surface area contributed by atoms with Crippen LogP contribution in [0.2, 0.25) is 0 Å². The Morgan fingerprint density at radius 3 is 2.89 bits per heavy atom. The summed E-state index contributed by atoms with van der Waals surface area (Å²) in [5, 5.41) is 11.1. The monoisotopic (exact) mass is 264 g/mol. The largest absolute Gasteiger partial charge is 0.308 e. The molecule has 0 amide bonds. The Labute approximate surface area is 112 Å². The van der Waals surface area contributed by atoms with E-state index in [0.29, 0.717) is 6.04 Å². The number of rotatable bonds is 6. The molecule has 18 heavy (non-hydrogen) atoms. The summed E-state index contributed by atoms with van der Waals surface area (Å²) in [4.78, 5) is 4.60. The van der Waals surface area contributed by atoms with Gasteiger partial charge in [0.15, 0.2) is 0 Å². The first-order valence-corrected chi connectivity index (χ1v) is 7.20. The highest BCUT2D eigenvalue weighted by atomic mass is 32.1. The zero-order valence-corrected chi connectivity index (χ0v) is 12.0. The summed E-state index contributed by atoms with van der Waals surface area (Å²) in [6, 6.07) is 0.291. The molecular weight excluding hydrogens is 244 g/mol. The van der Waals surface area contributed by atoms with Gasteiger partial charge in [-0.05, 0) is 31.9 Å². The van der Waals surface area contributed by atoms with Gasteiger partial charge in [-0.1, -0.05) is 6.92 Å². The highest BCUT2D eigenvalue weighted by molar-refractivity contribution is 7.09. The third-order valence-corrected chi connectivity index (χ3v) is 3.62. The fourth-order valence-corrected chi connectivity index (χ4v) is 2.62. The summed E-state index contributed by atoms with van der Waals surface area (Å²) in [6.07, 6.45) is 6.07. The van der Waals surface area contributed by atoms with Gasteiger partial charge in [0, 0.05) is 18.6 Å². The van der Waals surface area contributed by atoms with Crippen molar-refractivity contribution < 1.29 is 0 Å². The van der Waals surface area contributed by atoms with Gasteiger partial charge in [-0.2, -0.15) is 5.10 Å². The van der Waals surface area contributed by atoms with Crippen LogP contribution in [-0.4, -0.2) is 21.3 Å². The van der Waals surface area contributed by atoms with Crippen molar-refractivity contribution in [1.82, 2.24) is 20.1 Å². The molecule has 1 unspecified atom stereocenters. The van der Waals surface area contributed by atoms with Gasteiger partial charge < -0.3 is 5.32 Å². The molecule has 0 aliphatic rings. The highest BCUT2D eigenvalue weighted by Crippen LogP contribution is 2.20. The molecular formula is C13H20N4S. The van der Waals surface area contributed by atoms with Gasteiger partial charge in [0.25, 0.3) is 0 Å². The summed E-state index contributed by atoms with van der Waals surface area (Å²) in [5.41, 5.74) is 2.39. The summed E-state index contributed by atoms with van der Waals surface area (Å²) in [6.45, 7) is 5.25. The van der Waals surface area contributed by atoms with Gasteiger partial charge in [-0.15, -0.1) is 11.3 Å². The van der Waals surface area contributed by atoms with Gasteiger partial charge in [-0.25, -0.2) is 4.98 Å². The minimum atomic E-state index is 0.291. The van der Waals surface area contributed by atoms with Crippen molar-refractivity contribution in [3.8, 4) is 0 Å². The summed E-state index contributed by atoms with van der Waals surface area (Å²) in [5.74, 6) is 0. The standard InChI is InChI=1S/C13H20N4S/c1-4-5-14-12(13-9-18-10(2)16-13)6-11-7-15-17(3)8-11/h7-9,12,14H,4-6H2,1-3H3. The van der Waals surface area contributed by atoms with E-state index < -0.39 is 0 Å². The van der Waals surface area contributed by atoms with Gasteiger partial charge in [0.1, 0.15) is 0 Å². The van der Waals surface area contributed by atoms with Crippen LogP contribution in [0, 0.1) is 6.92 Å². The lowest BCUT2D eigenvalue weighted by molar-refractivity contribution is 0.519. The lowest BCUT2D eigenvalue weighted by Crippen LogP contribution is -2.24. The average Bonchev–Trinajstić information content (AvgIpc) is 2.93. The smallest absolute Gasteiger partial charge is 0.0898 e. The Morgan fingerprint density at radius 1 is 1.50 bits per heavy atom. The van der Waals surface area contributed by atoms with E-state index in [4.69, 9.17) is 0 Å². The van der Waals surface area contributed by atoms with E-state index in [1.807, 2.05) is 17.9 Å². The molecule has 0 radical (unpaired) electrons. The van der Waals surface area contributed by atoms with Crippen LogP contribution in [0.1, 0.15) is 35.7 Å². The van der Waals surface area contributed by atoms with E-state index in [2.05, 4.69) is 40.8 Å². The molecule has 1 N–H and O–H groups in total. The fraction of sp³-hybridized carbons (Fsp3) is 0.538. The molecule has 0 saturated heterocycles. The molecule has 4 nitrogen and oxygen atoms in total. The maximum atomic E-state index is 4.60. The molecule has 2 heterocycles. The molecule has 5 heteroatoms. The van der Waals surface area contributed by atoms with E-state index in [1.165, 1.54) is 5.56 Å². The van der Waals surface area contributed by atoms with E-state index in [9.17, 15) is 0 Å². The van der Waals surface area contributed by atoms with Gasteiger partial charge in [0.05, 0.1) is 22.9 Å². The topological polar surface area (TPSA) is 42.7 Å². The minimum Gasteiger partial charge on any atom is -0.308 e. The summed E-state index contributed by atoms with van der Waals surface area (Å²) >= 11 is 1.71. The first kappa shape index (κ1) is 13.2. The Bertz CT molecular complexity index is 489. The molecule has 0 aromatic carbocycles. The predicted octanol–water partition coefficient (Wildman–Crippen LogP) is 2.47. The Balaban J connectivity index is 2.09. The maximum absolute atomic E-state index is 4.60. The van der Waals surface area contributed by atoms with Crippen LogP contribution >= 0.6 is 11.3 Å². The van der Waals surface area contributed by atoms with E-state index in [0.717, 1.165) is 30.1 Å². The van der Waals surface area contributed by atoms with Gasteiger partial charge >= 0.3 is 0 Å². The molecule has 0 spiro atoms. The number of nitrogens with one attached hydrogen (secondary N) is 1. The number of aromatic nitrogens is 3. The molecule has 0 aliphatic carbocycles. The second kappa shape index (κ2) is 6.11. The van der Waals surface area contributed by atoms with Crippen LogP contribution in [0.5, 0.6) is 0 Å². The minimum absolute atomic E-state index is 0.291. The molecule has 98 valence electrons. The normalized spacial score (nSPS) is 12.8. The molecule has 0 bridgehead atoms. The second-order valence-corrected chi connectivity index (χ2v) is 5.59. The molecule has 0 saturated carbocycles. The molecule has 0 aliphatic heterocycles. The van der Waals surface area contributed by atoms with Crippen molar-refractivity contribution in [3.05, 3.63) is 34.0 Å². The number of nitrogens with zero attached hydrogens (tertiary/aromatic N) is 3. The van der Waals surface area contributed by atoms with Crippen molar-refractivity contribution in [1.29, 1.82) is 0 Å². The van der Waals surface area contributed by atoms with Crippen molar-refractivity contribution in [2.45, 2.75) is 32.7 Å². The average molecular weight is 264 g/mol. The van der Waals surface area contributed by atoms with Crippen LogP contribution in [-0.2, 0) is 13.5 Å². The van der Waals surface area contributed by atoms with Gasteiger partial charge in [0.2, 0.25) is 0 Å². The van der Waals surface area contributed by atoms with Crippen LogP contribution in [0.3, 0.4) is 0 Å². The van der Waals surface area contributed by atoms with Crippen LogP contribution in [0.4, 0.5) is 0 Å². The third kappa shape index (κ3) is 3.40. The third-order valence-electron chi connectivity index (χ3n) is 2.83. The quantitative estimate of drug-likeness (QED) is 0.871. The molecule has 2 aromatic heterocycles. The SMILES string of the molecule is CCCNC(Cc1cnn(C)c1)c1csc(C)n1. The van der Waals surface area contributed by atoms with E-state index in [1.54, 1.807) is 11.3 Å². The van der Waals surface area contributed by atoms with E-state index in [-0.39, 0.29) is 0 Å². The molecule has 0 fully saturated rings. The lowest BCUT2D eigenvalue weighted by Gasteiger charge is -2.15. The number of hydrogen-bond acceptors (Lipinski definition) is 4. The summed E-state index contributed by atoms with van der Waals surface area (Å²) < 4.78 is 1.85. The number of aryl methyl sites for hydroxylation is 2. The second-order valence-electron chi connectivity index (χ2n) is 4.52. The number of thiazole rings is 1. The van der Waals surface area contributed by atoms with Crippen molar-refractivity contribution in [2.24, 2.45) is 7.05 Å². The van der Waals surface area contributed by atoms with Crippen LogP contribution in [0.15, 0.2) is 17.8 Å². The first-order chi connectivity index (χ1) is 8.69. The Kier molecular flexibility index (Phi) is 4.49. The highest BCUT2D eigenvalue weighted by Gasteiger charge is 2.15. The van der Waals surface area contributed by atoms with Crippen molar-refractivity contribution in [3.63, 3.8) is 0 Å². The fourth-order valence-electron chi connectivity index (χ4n) is 1.95. The van der Waals surface area contributed by atoms with Gasteiger partial charge in [-0.3, -0.25) is 4.68 Å². The zero-order chi connectivity index (χ0) is 13.0. The van der Waals surface area contributed by atoms with Crippen molar-refractivity contribution in [2.75, 3.05) is 6.54 Å². The summed E-state index contributed by atoms with van der Waals surface area (Å²) in [7, 11) is 1.95. The molecule has 2 rings (SSSR count). The van der Waals surface area contributed by atoms with Crippen LogP contribution in [0.25, 0.3) is 0 Å². The zero-order valence-electron chi connectivity index (χ0n) is 11.2. The Morgan fingerprint density at radius 2 is 2.33 bits per heavy atom. The maximum Gasteiger partial charge on any atom is 0.0898 e. The number of hydrogen-bond donors (Lipinski definition) is 1. The molecule has 2 aromatic rings. The Hall–Kier alpha value is -1.20.